The van der Waals surface area contributed by atoms with Crippen LogP contribution >= 0.6 is 0 Å². The van der Waals surface area contributed by atoms with E-state index in [-0.39, 0.29) is 0 Å². The Morgan fingerprint density at radius 2 is 1.74 bits per heavy atom. The number of nitrogens with zero attached hydrogens (tertiary/aromatic N) is 3. The van der Waals surface area contributed by atoms with Crippen LogP contribution in [-0.4, -0.2) is 22.0 Å². The predicted octanol–water partition coefficient (Wildman–Crippen LogP) is 2.20. The van der Waals surface area contributed by atoms with Gasteiger partial charge in [0, 0.05) is 6.54 Å². The van der Waals surface area contributed by atoms with Crippen molar-refractivity contribution in [1.82, 2.24) is 20.3 Å². The van der Waals surface area contributed by atoms with Crippen LogP contribution in [0, 0.1) is 0 Å². The molecule has 4 heteroatoms. The smallest absolute Gasteiger partial charge is 0.113 e. The van der Waals surface area contributed by atoms with Crippen molar-refractivity contribution < 1.29 is 0 Å². The summed E-state index contributed by atoms with van der Waals surface area (Å²) in [6.07, 6.45) is 0. The second kappa shape index (κ2) is 5.20. The highest BCUT2D eigenvalue weighted by Gasteiger charge is 2.03. The lowest BCUT2D eigenvalue weighted by molar-refractivity contribution is 0.669. The second-order valence-electron chi connectivity index (χ2n) is 4.58. The zero-order valence-corrected chi connectivity index (χ0v) is 10.9. The monoisotopic (exact) mass is 252 g/mol. The zero-order valence-electron chi connectivity index (χ0n) is 10.9. The number of fused-ring (bicyclic) bond motifs is 1. The molecule has 4 nitrogen and oxygen atoms in total. The molecule has 0 aliphatic carbocycles. The van der Waals surface area contributed by atoms with E-state index in [2.05, 4.69) is 39.9 Å². The highest BCUT2D eigenvalue weighted by molar-refractivity contribution is 5.73. The Labute approximate surface area is 112 Å². The second-order valence-corrected chi connectivity index (χ2v) is 4.58. The largest absolute Gasteiger partial charge is 0.316 e. The maximum absolute atomic E-state index is 4.20. The van der Waals surface area contributed by atoms with Crippen molar-refractivity contribution in [3.8, 4) is 0 Å². The topological polar surface area (TPSA) is 42.7 Å². The molecular formula is C15H16N4. The minimum atomic E-state index is 0.750. The van der Waals surface area contributed by atoms with Crippen LogP contribution in [0.1, 0.15) is 11.1 Å². The van der Waals surface area contributed by atoms with Crippen molar-refractivity contribution in [2.75, 3.05) is 7.05 Å². The third-order valence-corrected chi connectivity index (χ3v) is 3.16. The molecule has 19 heavy (non-hydrogen) atoms. The summed E-state index contributed by atoms with van der Waals surface area (Å²) < 4.78 is 1.93. The Kier molecular flexibility index (Phi) is 3.25. The SMILES string of the molecule is CNCc1ccc(Cn2nnc3ccccc32)cc1. The van der Waals surface area contributed by atoms with E-state index in [4.69, 9.17) is 0 Å². The first-order valence-corrected chi connectivity index (χ1v) is 6.37. The first-order chi connectivity index (χ1) is 9.36. The van der Waals surface area contributed by atoms with E-state index in [0.717, 1.165) is 24.1 Å². The summed E-state index contributed by atoms with van der Waals surface area (Å²) in [6, 6.07) is 16.6. The van der Waals surface area contributed by atoms with Gasteiger partial charge in [-0.1, -0.05) is 41.6 Å². The number of rotatable bonds is 4. The number of hydrogen-bond acceptors (Lipinski definition) is 3. The molecule has 0 aliphatic heterocycles. The van der Waals surface area contributed by atoms with Crippen LogP contribution in [0.25, 0.3) is 11.0 Å². The van der Waals surface area contributed by atoms with E-state index in [1.54, 1.807) is 0 Å². The lowest BCUT2D eigenvalue weighted by Gasteiger charge is -2.04. The molecular weight excluding hydrogens is 236 g/mol. The first kappa shape index (κ1) is 11.9. The van der Waals surface area contributed by atoms with Crippen molar-refractivity contribution in [2.24, 2.45) is 0 Å². The Bertz CT molecular complexity index is 670. The van der Waals surface area contributed by atoms with Gasteiger partial charge < -0.3 is 5.32 Å². The molecule has 0 unspecified atom stereocenters. The van der Waals surface area contributed by atoms with Gasteiger partial charge >= 0.3 is 0 Å². The Morgan fingerprint density at radius 3 is 2.53 bits per heavy atom. The van der Waals surface area contributed by atoms with Gasteiger partial charge in [-0.05, 0) is 30.3 Å². The fraction of sp³-hybridized carbons (Fsp3) is 0.200. The van der Waals surface area contributed by atoms with Gasteiger partial charge in [-0.15, -0.1) is 5.10 Å². The Morgan fingerprint density at radius 1 is 1.00 bits per heavy atom. The molecule has 0 fully saturated rings. The zero-order chi connectivity index (χ0) is 13.1. The minimum Gasteiger partial charge on any atom is -0.316 e. The fourth-order valence-corrected chi connectivity index (χ4v) is 2.17. The maximum atomic E-state index is 4.20. The van der Waals surface area contributed by atoms with Crippen LogP contribution in [0.3, 0.4) is 0 Å². The van der Waals surface area contributed by atoms with E-state index < -0.39 is 0 Å². The van der Waals surface area contributed by atoms with E-state index in [0.29, 0.717) is 0 Å². The van der Waals surface area contributed by atoms with Gasteiger partial charge in [-0.3, -0.25) is 0 Å². The molecule has 1 N–H and O–H groups in total. The predicted molar refractivity (Wildman–Crippen MR) is 75.8 cm³/mol. The molecule has 0 radical (unpaired) electrons. The summed E-state index contributed by atoms with van der Waals surface area (Å²) in [5.41, 5.74) is 4.53. The summed E-state index contributed by atoms with van der Waals surface area (Å²) in [5.74, 6) is 0. The summed E-state index contributed by atoms with van der Waals surface area (Å²) in [5, 5.41) is 11.5. The summed E-state index contributed by atoms with van der Waals surface area (Å²) in [4.78, 5) is 0. The van der Waals surface area contributed by atoms with Gasteiger partial charge in [0.25, 0.3) is 0 Å². The number of para-hydroxylation sites is 1. The van der Waals surface area contributed by atoms with Crippen LogP contribution in [0.5, 0.6) is 0 Å². The molecule has 0 saturated carbocycles. The van der Waals surface area contributed by atoms with Crippen LogP contribution in [0.2, 0.25) is 0 Å². The molecule has 3 rings (SSSR count). The molecule has 96 valence electrons. The average Bonchev–Trinajstić information content (AvgIpc) is 2.85. The van der Waals surface area contributed by atoms with Crippen LogP contribution in [0.4, 0.5) is 0 Å². The number of benzene rings is 2. The standard InChI is InChI=1S/C15H16N4/c1-16-10-12-6-8-13(9-7-12)11-19-15-5-3-2-4-14(15)17-18-19/h2-9,16H,10-11H2,1H3. The van der Waals surface area contributed by atoms with Gasteiger partial charge in [0.1, 0.15) is 5.52 Å². The summed E-state index contributed by atoms with van der Waals surface area (Å²) in [7, 11) is 1.95. The molecule has 0 aliphatic rings. The number of nitrogens with one attached hydrogen (secondary N) is 1. The van der Waals surface area contributed by atoms with Crippen molar-refractivity contribution in [3.63, 3.8) is 0 Å². The molecule has 1 aromatic heterocycles. The number of hydrogen-bond donors (Lipinski definition) is 1. The Hall–Kier alpha value is -2.20. The maximum Gasteiger partial charge on any atom is 0.113 e. The normalized spacial score (nSPS) is 11.0. The summed E-state index contributed by atoms with van der Waals surface area (Å²) >= 11 is 0. The quantitative estimate of drug-likeness (QED) is 0.774. The van der Waals surface area contributed by atoms with E-state index in [1.165, 1.54) is 11.1 Å². The molecule has 2 aromatic carbocycles. The Balaban J connectivity index is 1.84. The van der Waals surface area contributed by atoms with Gasteiger partial charge in [0.2, 0.25) is 0 Å². The van der Waals surface area contributed by atoms with Crippen molar-refractivity contribution in [3.05, 3.63) is 59.7 Å². The van der Waals surface area contributed by atoms with Crippen molar-refractivity contribution in [1.29, 1.82) is 0 Å². The van der Waals surface area contributed by atoms with E-state index in [1.807, 2.05) is 36.0 Å². The van der Waals surface area contributed by atoms with Gasteiger partial charge in [0.15, 0.2) is 0 Å². The third-order valence-electron chi connectivity index (χ3n) is 3.16. The van der Waals surface area contributed by atoms with E-state index >= 15 is 0 Å². The van der Waals surface area contributed by atoms with Crippen LogP contribution < -0.4 is 5.32 Å². The highest BCUT2D eigenvalue weighted by atomic mass is 15.4. The molecule has 3 aromatic rings. The van der Waals surface area contributed by atoms with Crippen molar-refractivity contribution >= 4 is 11.0 Å². The lowest BCUT2D eigenvalue weighted by atomic mass is 10.1. The molecule has 1 heterocycles. The van der Waals surface area contributed by atoms with Crippen molar-refractivity contribution in [2.45, 2.75) is 13.1 Å². The average molecular weight is 252 g/mol. The molecule has 0 atom stereocenters. The van der Waals surface area contributed by atoms with Gasteiger partial charge in [0.05, 0.1) is 12.1 Å². The first-order valence-electron chi connectivity index (χ1n) is 6.37. The van der Waals surface area contributed by atoms with Gasteiger partial charge in [-0.2, -0.15) is 0 Å². The minimum absolute atomic E-state index is 0.750. The molecule has 0 saturated heterocycles. The fourth-order valence-electron chi connectivity index (χ4n) is 2.17. The van der Waals surface area contributed by atoms with E-state index in [9.17, 15) is 0 Å². The van der Waals surface area contributed by atoms with Crippen LogP contribution in [0.15, 0.2) is 48.5 Å². The third kappa shape index (κ3) is 2.48. The van der Waals surface area contributed by atoms with Crippen LogP contribution in [-0.2, 0) is 13.1 Å². The van der Waals surface area contributed by atoms with Gasteiger partial charge in [-0.25, -0.2) is 4.68 Å². The number of aromatic nitrogens is 3. The molecule has 0 bridgehead atoms. The molecule has 0 spiro atoms. The summed E-state index contributed by atoms with van der Waals surface area (Å²) in [6.45, 7) is 1.65. The molecule has 0 amide bonds. The lowest BCUT2D eigenvalue weighted by Crippen LogP contribution is -2.05. The highest BCUT2D eigenvalue weighted by Crippen LogP contribution is 2.12.